The van der Waals surface area contributed by atoms with E-state index in [0.29, 0.717) is 18.1 Å². The van der Waals surface area contributed by atoms with E-state index in [9.17, 15) is 9.00 Å². The molecule has 1 saturated carbocycles. The van der Waals surface area contributed by atoms with Crippen molar-refractivity contribution < 1.29 is 9.00 Å². The third-order valence-electron chi connectivity index (χ3n) is 5.91. The Hall–Kier alpha value is -3.25. The third kappa shape index (κ3) is 4.23. The van der Waals surface area contributed by atoms with Crippen molar-refractivity contribution in [3.63, 3.8) is 0 Å². The standard InChI is InChI=1S/C26H25N3O2S/c1-2-32(31)29-26(30)23-10-6-9-20(27-23)16-22-21-14-13-19(17-11-12-17)15-24(21)28-25(22)18-7-4-3-5-8-18/h3-10,13-15,17,28H,2,11-12,16H2,1H3,(H,29,30). The fourth-order valence-electron chi connectivity index (χ4n) is 4.09. The van der Waals surface area contributed by atoms with Gasteiger partial charge in [0.2, 0.25) is 0 Å². The Kier molecular flexibility index (Phi) is 5.62. The quantitative estimate of drug-likeness (QED) is 0.417. The normalized spacial score (nSPS) is 14.4. The maximum Gasteiger partial charge on any atom is 0.281 e. The predicted molar refractivity (Wildman–Crippen MR) is 129 cm³/mol. The van der Waals surface area contributed by atoms with Gasteiger partial charge in [0.15, 0.2) is 0 Å². The molecule has 32 heavy (non-hydrogen) atoms. The van der Waals surface area contributed by atoms with E-state index < -0.39 is 16.9 Å². The highest BCUT2D eigenvalue weighted by Gasteiger charge is 2.24. The Morgan fingerprint density at radius 2 is 1.91 bits per heavy atom. The predicted octanol–water partition coefficient (Wildman–Crippen LogP) is 5.11. The summed E-state index contributed by atoms with van der Waals surface area (Å²) in [5, 5.41) is 1.18. The van der Waals surface area contributed by atoms with Gasteiger partial charge in [-0.2, -0.15) is 0 Å². The first-order chi connectivity index (χ1) is 15.6. The van der Waals surface area contributed by atoms with Crippen LogP contribution in [0.3, 0.4) is 0 Å². The zero-order valence-electron chi connectivity index (χ0n) is 17.9. The largest absolute Gasteiger partial charge is 0.354 e. The Balaban J connectivity index is 1.54. The Morgan fingerprint density at radius 1 is 1.09 bits per heavy atom. The van der Waals surface area contributed by atoms with Gasteiger partial charge in [0.05, 0.1) is 5.69 Å². The molecule has 1 aliphatic carbocycles. The lowest BCUT2D eigenvalue weighted by atomic mass is 9.99. The lowest BCUT2D eigenvalue weighted by Crippen LogP contribution is -2.27. The molecule has 1 amide bonds. The number of hydrogen-bond acceptors (Lipinski definition) is 3. The summed E-state index contributed by atoms with van der Waals surface area (Å²) in [7, 11) is -1.39. The number of benzene rings is 2. The van der Waals surface area contributed by atoms with E-state index in [2.05, 4.69) is 45.0 Å². The average molecular weight is 444 g/mol. The van der Waals surface area contributed by atoms with Crippen LogP contribution in [-0.4, -0.2) is 25.8 Å². The number of hydrogen-bond donors (Lipinski definition) is 2. The minimum Gasteiger partial charge on any atom is -0.354 e. The molecule has 1 atom stereocenters. The number of pyridine rings is 1. The van der Waals surface area contributed by atoms with E-state index in [4.69, 9.17) is 0 Å². The monoisotopic (exact) mass is 443 g/mol. The van der Waals surface area contributed by atoms with Gasteiger partial charge in [0, 0.05) is 28.8 Å². The van der Waals surface area contributed by atoms with Gasteiger partial charge in [-0.15, -0.1) is 0 Å². The molecule has 2 aromatic heterocycles. The SMILES string of the molecule is CCS(=O)NC(=O)c1cccc(Cc2c(-c3ccccc3)[nH]c3cc(C4CC4)ccc23)n1. The topological polar surface area (TPSA) is 74.8 Å². The maximum atomic E-state index is 12.4. The Morgan fingerprint density at radius 3 is 2.66 bits per heavy atom. The molecule has 0 radical (unpaired) electrons. The van der Waals surface area contributed by atoms with Crippen molar-refractivity contribution in [2.45, 2.75) is 32.1 Å². The van der Waals surface area contributed by atoms with Crippen molar-refractivity contribution in [2.75, 3.05) is 5.75 Å². The van der Waals surface area contributed by atoms with Crippen molar-refractivity contribution in [2.24, 2.45) is 0 Å². The van der Waals surface area contributed by atoms with Crippen molar-refractivity contribution in [1.82, 2.24) is 14.7 Å². The van der Waals surface area contributed by atoms with Gasteiger partial charge >= 0.3 is 0 Å². The highest BCUT2D eigenvalue weighted by atomic mass is 32.2. The molecule has 5 nitrogen and oxygen atoms in total. The van der Waals surface area contributed by atoms with Crippen molar-refractivity contribution in [1.29, 1.82) is 0 Å². The fraction of sp³-hybridized carbons (Fsp3) is 0.231. The number of aromatic nitrogens is 2. The van der Waals surface area contributed by atoms with E-state index in [1.54, 1.807) is 13.0 Å². The molecule has 0 saturated heterocycles. The highest BCUT2D eigenvalue weighted by molar-refractivity contribution is 7.83. The molecular formula is C26H25N3O2S. The second-order valence-corrected chi connectivity index (χ2v) is 9.65. The van der Waals surface area contributed by atoms with E-state index >= 15 is 0 Å². The number of H-pyrrole nitrogens is 1. The van der Waals surface area contributed by atoms with Crippen LogP contribution in [0.4, 0.5) is 0 Å². The molecule has 1 fully saturated rings. The summed E-state index contributed by atoms with van der Waals surface area (Å²) >= 11 is 0. The molecule has 0 bridgehead atoms. The van der Waals surface area contributed by atoms with Crippen LogP contribution in [0, 0.1) is 0 Å². The molecule has 0 spiro atoms. The van der Waals surface area contributed by atoms with Crippen molar-refractivity contribution in [3.8, 4) is 11.3 Å². The van der Waals surface area contributed by atoms with Gasteiger partial charge in [0.1, 0.15) is 16.7 Å². The van der Waals surface area contributed by atoms with Crippen LogP contribution in [0.25, 0.3) is 22.2 Å². The molecule has 4 aromatic rings. The van der Waals surface area contributed by atoms with Gasteiger partial charge < -0.3 is 4.98 Å². The van der Waals surface area contributed by atoms with Crippen LogP contribution in [0.1, 0.15) is 53.0 Å². The molecular weight excluding hydrogens is 418 g/mol. The maximum absolute atomic E-state index is 12.4. The number of carbonyl (C=O) groups is 1. The molecule has 2 aromatic carbocycles. The summed E-state index contributed by atoms with van der Waals surface area (Å²) in [5.74, 6) is 0.643. The summed E-state index contributed by atoms with van der Waals surface area (Å²) in [6, 6.07) is 22.4. The Bertz CT molecular complexity index is 1310. The molecule has 1 unspecified atom stereocenters. The number of rotatable bonds is 7. The smallest absolute Gasteiger partial charge is 0.281 e. The zero-order valence-corrected chi connectivity index (χ0v) is 18.7. The van der Waals surface area contributed by atoms with Gasteiger partial charge in [-0.25, -0.2) is 9.19 Å². The molecule has 5 rings (SSSR count). The first-order valence-electron chi connectivity index (χ1n) is 11.0. The zero-order chi connectivity index (χ0) is 22.1. The number of nitrogens with one attached hydrogen (secondary N) is 2. The third-order valence-corrected chi connectivity index (χ3v) is 6.84. The fourth-order valence-corrected chi connectivity index (χ4v) is 4.55. The first kappa shape index (κ1) is 20.6. The van der Waals surface area contributed by atoms with Crippen LogP contribution in [0.2, 0.25) is 0 Å². The number of nitrogens with zero attached hydrogens (tertiary/aromatic N) is 1. The van der Waals surface area contributed by atoms with E-state index in [1.165, 1.54) is 23.8 Å². The van der Waals surface area contributed by atoms with Crippen LogP contribution in [0.5, 0.6) is 0 Å². The average Bonchev–Trinajstić information content (AvgIpc) is 3.62. The minimum absolute atomic E-state index is 0.279. The number of carbonyl (C=O) groups excluding carboxylic acids is 1. The van der Waals surface area contributed by atoms with E-state index in [1.807, 2.05) is 30.3 Å². The highest BCUT2D eigenvalue weighted by Crippen LogP contribution is 2.42. The molecule has 6 heteroatoms. The lowest BCUT2D eigenvalue weighted by Gasteiger charge is -2.08. The lowest BCUT2D eigenvalue weighted by molar-refractivity contribution is 0.0978. The molecule has 2 N–H and O–H groups in total. The second kappa shape index (κ2) is 8.71. The molecule has 0 aliphatic heterocycles. The summed E-state index contributed by atoms with van der Waals surface area (Å²) in [6.07, 6.45) is 3.13. The summed E-state index contributed by atoms with van der Waals surface area (Å²) in [4.78, 5) is 20.6. The molecule has 1 aliphatic rings. The van der Waals surface area contributed by atoms with E-state index in [-0.39, 0.29) is 5.69 Å². The van der Waals surface area contributed by atoms with Gasteiger partial charge in [0.25, 0.3) is 5.91 Å². The summed E-state index contributed by atoms with van der Waals surface area (Å²) in [6.45, 7) is 1.76. The van der Waals surface area contributed by atoms with Crippen LogP contribution in [-0.2, 0) is 17.4 Å². The number of fused-ring (bicyclic) bond motifs is 1. The van der Waals surface area contributed by atoms with Crippen LogP contribution < -0.4 is 4.72 Å². The summed E-state index contributed by atoms with van der Waals surface area (Å²) in [5.41, 5.74) is 6.97. The van der Waals surface area contributed by atoms with Gasteiger partial charge in [-0.3, -0.25) is 9.52 Å². The molecule has 162 valence electrons. The van der Waals surface area contributed by atoms with Crippen molar-refractivity contribution >= 4 is 27.8 Å². The van der Waals surface area contributed by atoms with E-state index in [0.717, 1.165) is 28.0 Å². The number of amides is 1. The second-order valence-electron chi connectivity index (χ2n) is 8.18. The minimum atomic E-state index is -1.39. The van der Waals surface area contributed by atoms with Gasteiger partial charge in [-0.05, 0) is 53.6 Å². The molecule has 2 heterocycles. The van der Waals surface area contributed by atoms with Crippen LogP contribution >= 0.6 is 0 Å². The summed E-state index contributed by atoms with van der Waals surface area (Å²) < 4.78 is 14.2. The van der Waals surface area contributed by atoms with Crippen LogP contribution in [0.15, 0.2) is 66.7 Å². The Labute approximate surface area is 189 Å². The van der Waals surface area contributed by atoms with Gasteiger partial charge in [-0.1, -0.05) is 55.5 Å². The first-order valence-corrected chi connectivity index (χ1v) is 12.3. The van der Waals surface area contributed by atoms with Crippen molar-refractivity contribution in [3.05, 3.63) is 89.2 Å². The number of aromatic amines is 1.